The second kappa shape index (κ2) is 14.7. The van der Waals surface area contributed by atoms with Crippen LogP contribution in [-0.4, -0.2) is 15.0 Å². The fourth-order valence-electron chi connectivity index (χ4n) is 9.55. The molecular formula is C58H40N4S. The highest BCUT2D eigenvalue weighted by atomic mass is 32.1. The first-order chi connectivity index (χ1) is 31.0. The van der Waals surface area contributed by atoms with E-state index in [1.54, 1.807) is 0 Å². The molecule has 2 heterocycles. The monoisotopic (exact) mass is 824 g/mol. The van der Waals surface area contributed by atoms with Crippen molar-refractivity contribution in [3.05, 3.63) is 217 Å². The maximum absolute atomic E-state index is 5.23. The zero-order valence-corrected chi connectivity index (χ0v) is 35.6. The molecule has 5 heteroatoms. The first kappa shape index (κ1) is 37.1. The molecule has 0 radical (unpaired) electrons. The summed E-state index contributed by atoms with van der Waals surface area (Å²) in [6, 6.07) is 73.8. The lowest BCUT2D eigenvalue weighted by Crippen LogP contribution is -2.16. The van der Waals surface area contributed by atoms with Gasteiger partial charge in [-0.05, 0) is 93.4 Å². The third-order valence-corrected chi connectivity index (χ3v) is 13.9. The minimum absolute atomic E-state index is 0.0992. The lowest BCUT2D eigenvalue weighted by Gasteiger charge is -2.28. The minimum Gasteiger partial charge on any atom is -0.310 e. The molecule has 1 aliphatic rings. The fourth-order valence-corrected chi connectivity index (χ4v) is 10.8. The van der Waals surface area contributed by atoms with E-state index in [0.29, 0.717) is 17.5 Å². The summed E-state index contributed by atoms with van der Waals surface area (Å²) >= 11 is 1.84. The van der Waals surface area contributed by atoms with Crippen molar-refractivity contribution < 1.29 is 0 Å². The zero-order valence-electron chi connectivity index (χ0n) is 34.8. The van der Waals surface area contributed by atoms with Crippen molar-refractivity contribution >= 4 is 59.3 Å². The number of hydrogen-bond acceptors (Lipinski definition) is 5. The van der Waals surface area contributed by atoms with Crippen LogP contribution in [-0.2, 0) is 5.41 Å². The van der Waals surface area contributed by atoms with E-state index >= 15 is 0 Å². The molecule has 0 spiro atoms. The van der Waals surface area contributed by atoms with Gasteiger partial charge in [0.05, 0.1) is 0 Å². The molecule has 2 aromatic heterocycles. The Morgan fingerprint density at radius 1 is 0.365 bits per heavy atom. The molecular weight excluding hydrogens is 785 g/mol. The maximum atomic E-state index is 5.23. The second-order valence-corrected chi connectivity index (χ2v) is 17.9. The van der Waals surface area contributed by atoms with Gasteiger partial charge in [-0.3, -0.25) is 0 Å². The number of nitrogens with zero attached hydrogens (tertiary/aromatic N) is 4. The Hall–Kier alpha value is -7.73. The number of aromatic nitrogens is 3. The van der Waals surface area contributed by atoms with Crippen LogP contribution in [0.4, 0.5) is 17.1 Å². The predicted octanol–water partition coefficient (Wildman–Crippen LogP) is 15.8. The summed E-state index contributed by atoms with van der Waals surface area (Å²) in [7, 11) is 0. The average Bonchev–Trinajstić information content (AvgIpc) is 3.83. The van der Waals surface area contributed by atoms with Gasteiger partial charge in [0.2, 0.25) is 0 Å². The number of fused-ring (bicyclic) bond motifs is 8. The summed E-state index contributed by atoms with van der Waals surface area (Å²) < 4.78 is 2.52. The molecule has 0 N–H and O–H groups in total. The van der Waals surface area contributed by atoms with Crippen LogP contribution in [0, 0.1) is 0 Å². The molecule has 0 amide bonds. The van der Waals surface area contributed by atoms with Crippen molar-refractivity contribution in [1.82, 2.24) is 15.0 Å². The normalized spacial score (nSPS) is 12.7. The third kappa shape index (κ3) is 6.23. The van der Waals surface area contributed by atoms with Crippen molar-refractivity contribution in [2.75, 3.05) is 4.90 Å². The number of anilines is 3. The van der Waals surface area contributed by atoms with E-state index in [2.05, 4.69) is 189 Å². The molecule has 11 aromatic rings. The number of benzene rings is 9. The highest BCUT2D eigenvalue weighted by Crippen LogP contribution is 2.51. The van der Waals surface area contributed by atoms with Gasteiger partial charge in [0.25, 0.3) is 0 Å². The van der Waals surface area contributed by atoms with E-state index in [-0.39, 0.29) is 5.41 Å². The van der Waals surface area contributed by atoms with E-state index < -0.39 is 0 Å². The lowest BCUT2D eigenvalue weighted by atomic mass is 9.82. The first-order valence-corrected chi connectivity index (χ1v) is 22.2. The number of thiophene rings is 1. The Kier molecular flexibility index (Phi) is 8.66. The molecule has 63 heavy (non-hydrogen) atoms. The van der Waals surface area contributed by atoms with Crippen molar-refractivity contribution in [3.8, 4) is 56.4 Å². The fraction of sp³-hybridized carbons (Fsp3) is 0.0517. The van der Waals surface area contributed by atoms with Gasteiger partial charge in [0.1, 0.15) is 0 Å². The molecule has 0 aliphatic heterocycles. The molecule has 4 nitrogen and oxygen atoms in total. The molecule has 298 valence electrons. The lowest BCUT2D eigenvalue weighted by molar-refractivity contribution is 0.660. The molecule has 0 saturated heterocycles. The topological polar surface area (TPSA) is 41.9 Å². The second-order valence-electron chi connectivity index (χ2n) is 16.8. The quantitative estimate of drug-likeness (QED) is 0.161. The number of rotatable bonds is 7. The summed E-state index contributed by atoms with van der Waals surface area (Å²) in [5, 5.41) is 4.73. The Labute approximate surface area is 370 Å². The van der Waals surface area contributed by atoms with Crippen molar-refractivity contribution in [3.63, 3.8) is 0 Å². The smallest absolute Gasteiger partial charge is 0.164 e. The Balaban J connectivity index is 1.01. The highest BCUT2D eigenvalue weighted by Gasteiger charge is 2.35. The van der Waals surface area contributed by atoms with Crippen LogP contribution in [0.3, 0.4) is 0 Å². The van der Waals surface area contributed by atoms with Crippen LogP contribution in [0.1, 0.15) is 25.0 Å². The van der Waals surface area contributed by atoms with E-state index in [1.165, 1.54) is 47.8 Å². The van der Waals surface area contributed by atoms with Gasteiger partial charge in [-0.2, -0.15) is 0 Å². The van der Waals surface area contributed by atoms with E-state index in [9.17, 15) is 0 Å². The Morgan fingerprint density at radius 2 is 0.937 bits per heavy atom. The van der Waals surface area contributed by atoms with Crippen LogP contribution in [0.25, 0.3) is 87.4 Å². The van der Waals surface area contributed by atoms with Crippen molar-refractivity contribution in [2.24, 2.45) is 0 Å². The van der Waals surface area contributed by atoms with E-state index in [0.717, 1.165) is 50.3 Å². The van der Waals surface area contributed by atoms with Gasteiger partial charge < -0.3 is 4.90 Å². The van der Waals surface area contributed by atoms with E-state index in [4.69, 9.17) is 15.0 Å². The van der Waals surface area contributed by atoms with Crippen LogP contribution in [0.2, 0.25) is 0 Å². The van der Waals surface area contributed by atoms with Gasteiger partial charge in [-0.1, -0.05) is 166 Å². The van der Waals surface area contributed by atoms with Crippen LogP contribution in [0.5, 0.6) is 0 Å². The number of hydrogen-bond donors (Lipinski definition) is 0. The molecule has 1 aliphatic carbocycles. The van der Waals surface area contributed by atoms with Gasteiger partial charge in [0.15, 0.2) is 17.5 Å². The molecule has 0 unspecified atom stereocenters. The van der Waals surface area contributed by atoms with Gasteiger partial charge >= 0.3 is 0 Å². The molecule has 0 atom stereocenters. The molecule has 9 aromatic carbocycles. The van der Waals surface area contributed by atoms with Gasteiger partial charge in [0, 0.05) is 64.7 Å². The highest BCUT2D eigenvalue weighted by molar-refractivity contribution is 7.26. The van der Waals surface area contributed by atoms with Gasteiger partial charge in [-0.25, -0.2) is 15.0 Å². The summed E-state index contributed by atoms with van der Waals surface area (Å²) in [5.41, 5.74) is 13.8. The largest absolute Gasteiger partial charge is 0.310 e. The summed E-state index contributed by atoms with van der Waals surface area (Å²) in [6.45, 7) is 4.68. The summed E-state index contributed by atoms with van der Waals surface area (Å²) in [6.07, 6.45) is 0. The minimum atomic E-state index is -0.0992. The van der Waals surface area contributed by atoms with Crippen LogP contribution in [0.15, 0.2) is 206 Å². The van der Waals surface area contributed by atoms with Crippen molar-refractivity contribution in [1.29, 1.82) is 0 Å². The Bertz CT molecular complexity index is 3470. The van der Waals surface area contributed by atoms with Crippen LogP contribution < -0.4 is 4.90 Å². The van der Waals surface area contributed by atoms with Crippen molar-refractivity contribution in [2.45, 2.75) is 19.3 Å². The average molecular weight is 825 g/mol. The standard InChI is InChI=1S/C58H40N4S/c1-58(2)51-24-14-12-22-44(51)45-33-31-43(35-52(45)58)62(41-20-10-5-11-21-41)42-29-26-37(27-30-42)40-28-32-47-48(34-40)50(36-49-46-23-13-15-25-53(46)63-54(47)49)57-60-55(38-16-6-3-7-17-38)59-56(61-57)39-18-8-4-9-19-39/h3-36H,1-2H3. The van der Waals surface area contributed by atoms with Crippen LogP contribution >= 0.6 is 11.3 Å². The summed E-state index contributed by atoms with van der Waals surface area (Å²) in [4.78, 5) is 17.9. The molecule has 0 bridgehead atoms. The SMILES string of the molecule is CC1(C)c2ccccc2-c2ccc(N(c3ccccc3)c3ccc(-c4ccc5c(c4)c(-c4nc(-c6ccccc6)nc(-c6ccccc6)n4)cc4c6ccccc6sc54)cc3)cc21. The first-order valence-electron chi connectivity index (χ1n) is 21.4. The van der Waals surface area contributed by atoms with Gasteiger partial charge in [-0.15, -0.1) is 11.3 Å². The zero-order chi connectivity index (χ0) is 42.1. The maximum Gasteiger partial charge on any atom is 0.164 e. The Morgan fingerprint density at radius 3 is 1.67 bits per heavy atom. The number of para-hydroxylation sites is 1. The molecule has 0 saturated carbocycles. The molecule has 0 fully saturated rings. The predicted molar refractivity (Wildman–Crippen MR) is 264 cm³/mol. The molecule has 12 rings (SSSR count). The summed E-state index contributed by atoms with van der Waals surface area (Å²) in [5.74, 6) is 1.94. The third-order valence-electron chi connectivity index (χ3n) is 12.7. The van der Waals surface area contributed by atoms with E-state index in [1.807, 2.05) is 47.7 Å².